The van der Waals surface area contributed by atoms with Gasteiger partial charge in [0, 0.05) is 10.9 Å². The summed E-state index contributed by atoms with van der Waals surface area (Å²) < 4.78 is 2.31. The van der Waals surface area contributed by atoms with Crippen LogP contribution in [0.15, 0.2) is 35.6 Å². The summed E-state index contributed by atoms with van der Waals surface area (Å²) in [4.78, 5) is 9.44. The zero-order valence-electron chi connectivity index (χ0n) is 14.6. The number of imidazole rings is 1. The average Bonchev–Trinajstić information content (AvgIpc) is 2.74. The number of aryl methyl sites for hydroxylation is 3. The Balaban J connectivity index is 2.33. The minimum atomic E-state index is 0.0889. The van der Waals surface area contributed by atoms with Crippen LogP contribution in [0, 0.1) is 20.8 Å². The van der Waals surface area contributed by atoms with Crippen molar-refractivity contribution in [1.82, 2.24) is 14.5 Å². The summed E-state index contributed by atoms with van der Waals surface area (Å²) in [5.74, 6) is 0. The molecule has 3 nitrogen and oxygen atoms in total. The maximum Gasteiger partial charge on any atom is 0.175 e. The van der Waals surface area contributed by atoms with E-state index in [-0.39, 0.29) is 4.75 Å². The first-order valence-corrected chi connectivity index (χ1v) is 8.68. The molecule has 0 aliphatic carbocycles. The lowest BCUT2D eigenvalue weighted by Gasteiger charge is -2.20. The molecule has 0 amide bonds. The predicted molar refractivity (Wildman–Crippen MR) is 98.7 cm³/mol. The topological polar surface area (TPSA) is 30.7 Å². The molecule has 0 N–H and O–H groups in total. The molecule has 0 aliphatic rings. The summed E-state index contributed by atoms with van der Waals surface area (Å²) in [7, 11) is 0. The molecule has 2 heterocycles. The lowest BCUT2D eigenvalue weighted by molar-refractivity contribution is 0.785. The lowest BCUT2D eigenvalue weighted by Crippen LogP contribution is -2.11. The van der Waals surface area contributed by atoms with Crippen LogP contribution in [0.4, 0.5) is 0 Å². The fourth-order valence-corrected chi connectivity index (χ4v) is 3.92. The van der Waals surface area contributed by atoms with Crippen LogP contribution >= 0.6 is 11.8 Å². The van der Waals surface area contributed by atoms with Gasteiger partial charge in [0.15, 0.2) is 10.8 Å². The summed E-state index contributed by atoms with van der Waals surface area (Å²) in [6, 6.07) is 8.43. The zero-order chi connectivity index (χ0) is 16.8. The molecule has 4 heteroatoms. The Morgan fingerprint density at radius 2 is 1.70 bits per heavy atom. The molecule has 0 saturated carbocycles. The number of benzene rings is 1. The fourth-order valence-electron chi connectivity index (χ4n) is 2.96. The van der Waals surface area contributed by atoms with Crippen LogP contribution < -0.4 is 0 Å². The first-order chi connectivity index (χ1) is 10.8. The number of hydrogen-bond acceptors (Lipinski definition) is 3. The van der Waals surface area contributed by atoms with Crippen LogP contribution in [0.2, 0.25) is 0 Å². The number of aromatic nitrogens is 3. The number of pyridine rings is 1. The number of nitrogens with zero attached hydrogens (tertiary/aromatic N) is 3. The molecular weight excluding hydrogens is 302 g/mol. The molecule has 120 valence electrons. The third-order valence-corrected chi connectivity index (χ3v) is 4.71. The first-order valence-electron chi connectivity index (χ1n) is 7.87. The molecule has 0 fully saturated rings. The van der Waals surface area contributed by atoms with Gasteiger partial charge in [-0.1, -0.05) is 50.2 Å². The van der Waals surface area contributed by atoms with Crippen molar-refractivity contribution in [1.29, 1.82) is 0 Å². The van der Waals surface area contributed by atoms with Crippen molar-refractivity contribution in [2.45, 2.75) is 51.4 Å². The van der Waals surface area contributed by atoms with Crippen molar-refractivity contribution in [3.05, 3.63) is 47.2 Å². The van der Waals surface area contributed by atoms with Crippen LogP contribution in [0.1, 0.15) is 37.5 Å². The Morgan fingerprint density at radius 1 is 1.04 bits per heavy atom. The molecule has 0 bridgehead atoms. The molecule has 0 radical (unpaired) electrons. The van der Waals surface area contributed by atoms with Crippen molar-refractivity contribution in [2.24, 2.45) is 0 Å². The highest BCUT2D eigenvalue weighted by molar-refractivity contribution is 8.00. The van der Waals surface area contributed by atoms with Crippen LogP contribution in [0.3, 0.4) is 0 Å². The molecule has 0 atom stereocenters. The second kappa shape index (κ2) is 5.68. The predicted octanol–water partition coefficient (Wildman–Crippen LogP) is 5.24. The Morgan fingerprint density at radius 3 is 2.30 bits per heavy atom. The van der Waals surface area contributed by atoms with Gasteiger partial charge in [0.1, 0.15) is 5.52 Å². The van der Waals surface area contributed by atoms with Crippen LogP contribution in [-0.4, -0.2) is 19.3 Å². The molecular formula is C19H23N3S. The van der Waals surface area contributed by atoms with E-state index < -0.39 is 0 Å². The van der Waals surface area contributed by atoms with Gasteiger partial charge in [-0.2, -0.15) is 0 Å². The molecule has 2 aromatic heterocycles. The van der Waals surface area contributed by atoms with Crippen LogP contribution in [0.5, 0.6) is 0 Å². The normalized spacial score (nSPS) is 12.1. The van der Waals surface area contributed by atoms with Gasteiger partial charge in [-0.05, 0) is 44.0 Å². The van der Waals surface area contributed by atoms with Crippen molar-refractivity contribution < 1.29 is 0 Å². The van der Waals surface area contributed by atoms with E-state index in [1.165, 1.54) is 22.4 Å². The van der Waals surface area contributed by atoms with Gasteiger partial charge in [0.25, 0.3) is 0 Å². The second-order valence-corrected chi connectivity index (χ2v) is 8.83. The molecule has 0 unspecified atom stereocenters. The number of hydrogen-bond donors (Lipinski definition) is 0. The summed E-state index contributed by atoms with van der Waals surface area (Å²) in [6.07, 6.45) is 1.84. The molecule has 0 saturated heterocycles. The molecule has 23 heavy (non-hydrogen) atoms. The number of thioether (sulfide) groups is 1. The summed E-state index contributed by atoms with van der Waals surface area (Å²) in [6.45, 7) is 13.1. The average molecular weight is 325 g/mol. The van der Waals surface area contributed by atoms with Crippen LogP contribution in [0.25, 0.3) is 16.9 Å². The van der Waals surface area contributed by atoms with Crippen molar-refractivity contribution in [2.75, 3.05) is 0 Å². The summed E-state index contributed by atoms with van der Waals surface area (Å²) in [5.41, 5.74) is 6.86. The quantitative estimate of drug-likeness (QED) is 0.604. The van der Waals surface area contributed by atoms with Gasteiger partial charge in [0.05, 0.1) is 5.69 Å². The minimum Gasteiger partial charge on any atom is -0.271 e. The van der Waals surface area contributed by atoms with E-state index in [1.54, 1.807) is 11.8 Å². The highest BCUT2D eigenvalue weighted by atomic mass is 32.2. The van der Waals surface area contributed by atoms with E-state index in [0.29, 0.717) is 0 Å². The Kier molecular flexibility index (Phi) is 3.96. The third kappa shape index (κ3) is 3.13. The standard InChI is InChI=1S/C19H23N3S/c1-12-10-13(2)16(14(3)11-12)22-17-15(8-7-9-20-17)21-18(22)23-19(4,5)6/h7-11H,1-6H3. The highest BCUT2D eigenvalue weighted by Crippen LogP contribution is 2.36. The highest BCUT2D eigenvalue weighted by Gasteiger charge is 2.22. The minimum absolute atomic E-state index is 0.0889. The summed E-state index contributed by atoms with van der Waals surface area (Å²) >= 11 is 1.78. The van der Waals surface area contributed by atoms with E-state index in [9.17, 15) is 0 Å². The Bertz CT molecular complexity index is 849. The monoisotopic (exact) mass is 325 g/mol. The Hall–Kier alpha value is -1.81. The molecule has 0 aliphatic heterocycles. The van der Waals surface area contributed by atoms with Gasteiger partial charge in [-0.3, -0.25) is 4.57 Å². The van der Waals surface area contributed by atoms with Gasteiger partial charge < -0.3 is 0 Å². The third-order valence-electron chi connectivity index (χ3n) is 3.64. The Labute approximate surface area is 142 Å². The van der Waals surface area contributed by atoms with Gasteiger partial charge in [0.2, 0.25) is 0 Å². The zero-order valence-corrected chi connectivity index (χ0v) is 15.5. The smallest absolute Gasteiger partial charge is 0.175 e. The maximum atomic E-state index is 4.84. The maximum absolute atomic E-state index is 4.84. The van der Waals surface area contributed by atoms with E-state index >= 15 is 0 Å². The number of rotatable bonds is 2. The van der Waals surface area contributed by atoms with E-state index in [2.05, 4.69) is 63.2 Å². The largest absolute Gasteiger partial charge is 0.271 e. The van der Waals surface area contributed by atoms with Crippen molar-refractivity contribution in [3.63, 3.8) is 0 Å². The van der Waals surface area contributed by atoms with E-state index in [4.69, 9.17) is 4.98 Å². The van der Waals surface area contributed by atoms with Crippen molar-refractivity contribution in [3.8, 4) is 5.69 Å². The lowest BCUT2D eigenvalue weighted by atomic mass is 10.1. The van der Waals surface area contributed by atoms with Gasteiger partial charge in [-0.25, -0.2) is 9.97 Å². The number of fused-ring (bicyclic) bond motifs is 1. The van der Waals surface area contributed by atoms with Crippen LogP contribution in [-0.2, 0) is 0 Å². The summed E-state index contributed by atoms with van der Waals surface area (Å²) in [5, 5.41) is 1.00. The molecule has 1 aromatic carbocycles. The first kappa shape index (κ1) is 16.1. The van der Waals surface area contributed by atoms with E-state index in [0.717, 1.165) is 16.3 Å². The van der Waals surface area contributed by atoms with Gasteiger partial charge in [-0.15, -0.1) is 0 Å². The molecule has 3 rings (SSSR count). The molecule has 0 spiro atoms. The van der Waals surface area contributed by atoms with E-state index in [1.807, 2.05) is 18.3 Å². The van der Waals surface area contributed by atoms with Crippen molar-refractivity contribution >= 4 is 22.9 Å². The SMILES string of the molecule is Cc1cc(C)c(-n2c(SC(C)(C)C)nc3cccnc32)c(C)c1. The molecule has 3 aromatic rings. The second-order valence-electron chi connectivity index (χ2n) is 7.04. The van der Waals surface area contributed by atoms with Gasteiger partial charge >= 0.3 is 0 Å². The fraction of sp³-hybridized carbons (Fsp3) is 0.368.